The van der Waals surface area contributed by atoms with Crippen LogP contribution in [0.3, 0.4) is 0 Å². The SMILES string of the molecule is CCCNC(=O)[C@@H](C)N(Cc1cccc(Cl)c1)C(=O)CN(c1ccc(Cl)cc1)S(C)(=O)=O. The van der Waals surface area contributed by atoms with Gasteiger partial charge in [-0.3, -0.25) is 13.9 Å². The van der Waals surface area contributed by atoms with E-state index in [4.69, 9.17) is 23.2 Å². The maximum Gasteiger partial charge on any atom is 0.244 e. The normalized spacial score (nSPS) is 12.2. The Labute approximate surface area is 199 Å². The van der Waals surface area contributed by atoms with Crippen molar-refractivity contribution in [3.8, 4) is 0 Å². The zero-order chi connectivity index (χ0) is 23.9. The van der Waals surface area contributed by atoms with Crippen molar-refractivity contribution in [1.82, 2.24) is 10.2 Å². The van der Waals surface area contributed by atoms with Crippen LogP contribution in [-0.2, 0) is 26.2 Å². The predicted octanol–water partition coefficient (Wildman–Crippen LogP) is 3.70. The molecule has 2 rings (SSSR count). The number of hydrogen-bond acceptors (Lipinski definition) is 4. The summed E-state index contributed by atoms with van der Waals surface area (Å²) in [7, 11) is -3.78. The minimum atomic E-state index is -3.78. The van der Waals surface area contributed by atoms with Crippen molar-refractivity contribution in [1.29, 1.82) is 0 Å². The number of amides is 2. The van der Waals surface area contributed by atoms with Gasteiger partial charge in [0.2, 0.25) is 21.8 Å². The van der Waals surface area contributed by atoms with Crippen LogP contribution in [0.5, 0.6) is 0 Å². The van der Waals surface area contributed by atoms with Gasteiger partial charge in [0.25, 0.3) is 0 Å². The Morgan fingerprint density at radius 2 is 1.72 bits per heavy atom. The summed E-state index contributed by atoms with van der Waals surface area (Å²) >= 11 is 12.0. The number of anilines is 1. The Morgan fingerprint density at radius 1 is 1.06 bits per heavy atom. The molecule has 2 aromatic carbocycles. The maximum atomic E-state index is 13.3. The van der Waals surface area contributed by atoms with Crippen molar-refractivity contribution in [2.45, 2.75) is 32.9 Å². The lowest BCUT2D eigenvalue weighted by molar-refractivity contribution is -0.139. The number of nitrogens with one attached hydrogen (secondary N) is 1. The van der Waals surface area contributed by atoms with Crippen LogP contribution in [0.1, 0.15) is 25.8 Å². The molecule has 2 aromatic rings. The number of rotatable bonds is 10. The van der Waals surface area contributed by atoms with Gasteiger partial charge < -0.3 is 10.2 Å². The minimum absolute atomic E-state index is 0.0956. The molecule has 0 aliphatic carbocycles. The van der Waals surface area contributed by atoms with Crippen molar-refractivity contribution in [3.63, 3.8) is 0 Å². The summed E-state index contributed by atoms with van der Waals surface area (Å²) in [5.41, 5.74) is 1.02. The van der Waals surface area contributed by atoms with Crippen molar-refractivity contribution in [3.05, 3.63) is 64.1 Å². The lowest BCUT2D eigenvalue weighted by atomic mass is 10.1. The summed E-state index contributed by atoms with van der Waals surface area (Å²) in [4.78, 5) is 27.3. The summed E-state index contributed by atoms with van der Waals surface area (Å²) in [6.07, 6.45) is 1.77. The number of sulfonamides is 1. The summed E-state index contributed by atoms with van der Waals surface area (Å²) in [6, 6.07) is 12.3. The molecule has 0 fully saturated rings. The Balaban J connectivity index is 2.35. The van der Waals surface area contributed by atoms with Crippen LogP contribution in [0, 0.1) is 0 Å². The topological polar surface area (TPSA) is 86.8 Å². The molecule has 10 heteroatoms. The number of hydrogen-bond donors (Lipinski definition) is 1. The second kappa shape index (κ2) is 11.5. The molecule has 7 nitrogen and oxygen atoms in total. The van der Waals surface area contributed by atoms with Crippen molar-refractivity contribution >= 4 is 50.7 Å². The zero-order valence-corrected chi connectivity index (χ0v) is 20.5. The van der Waals surface area contributed by atoms with Crippen LogP contribution in [0.4, 0.5) is 5.69 Å². The average molecular weight is 500 g/mol. The number of carbonyl (C=O) groups is 2. The van der Waals surface area contributed by atoms with Gasteiger partial charge in [0, 0.05) is 23.1 Å². The quantitative estimate of drug-likeness (QED) is 0.539. The highest BCUT2D eigenvalue weighted by Gasteiger charge is 2.30. The van der Waals surface area contributed by atoms with E-state index in [9.17, 15) is 18.0 Å². The molecule has 0 aromatic heterocycles. The van der Waals surface area contributed by atoms with Crippen LogP contribution in [0.25, 0.3) is 0 Å². The number of benzene rings is 2. The second-order valence-electron chi connectivity index (χ2n) is 7.36. The van der Waals surface area contributed by atoms with E-state index >= 15 is 0 Å². The Morgan fingerprint density at radius 3 is 2.28 bits per heavy atom. The Kier molecular flexibility index (Phi) is 9.36. The average Bonchev–Trinajstić information content (AvgIpc) is 2.73. The molecule has 0 spiro atoms. The molecule has 0 saturated carbocycles. The molecule has 0 aliphatic rings. The van der Waals surface area contributed by atoms with Crippen molar-refractivity contribution < 1.29 is 18.0 Å². The van der Waals surface area contributed by atoms with Gasteiger partial charge in [-0.2, -0.15) is 0 Å². The van der Waals surface area contributed by atoms with Crippen LogP contribution in [-0.4, -0.2) is 50.5 Å². The number of carbonyl (C=O) groups excluding carboxylic acids is 2. The first-order valence-electron chi connectivity index (χ1n) is 10.1. The van der Waals surface area contributed by atoms with Gasteiger partial charge in [0.05, 0.1) is 11.9 Å². The largest absolute Gasteiger partial charge is 0.354 e. The van der Waals surface area contributed by atoms with E-state index in [1.807, 2.05) is 6.92 Å². The zero-order valence-electron chi connectivity index (χ0n) is 18.2. The molecule has 0 unspecified atom stereocenters. The first-order valence-corrected chi connectivity index (χ1v) is 12.7. The molecule has 0 radical (unpaired) electrons. The minimum Gasteiger partial charge on any atom is -0.354 e. The first-order chi connectivity index (χ1) is 15.0. The van der Waals surface area contributed by atoms with E-state index in [1.165, 1.54) is 17.0 Å². The third-order valence-corrected chi connectivity index (χ3v) is 6.38. The number of nitrogens with zero attached hydrogens (tertiary/aromatic N) is 2. The molecule has 1 N–H and O–H groups in total. The Bertz CT molecular complexity index is 1050. The summed E-state index contributed by atoms with van der Waals surface area (Å²) in [5.74, 6) is -0.843. The molecule has 0 aliphatic heterocycles. The van der Waals surface area contributed by atoms with Crippen molar-refractivity contribution in [2.24, 2.45) is 0 Å². The fourth-order valence-corrected chi connectivity index (χ4v) is 4.22. The van der Waals surface area contributed by atoms with E-state index < -0.39 is 28.5 Å². The lowest BCUT2D eigenvalue weighted by Gasteiger charge is -2.31. The molecule has 2 amide bonds. The standard InChI is InChI=1S/C22H27Cl2N3O4S/c1-4-12-25-22(29)16(2)26(14-17-6-5-7-19(24)13-17)21(28)15-27(32(3,30)31)20-10-8-18(23)9-11-20/h5-11,13,16H,4,12,14-15H2,1-3H3,(H,25,29)/t16-/m1/s1. The van der Waals surface area contributed by atoms with Gasteiger partial charge in [-0.05, 0) is 55.3 Å². The molecule has 0 bridgehead atoms. The van der Waals surface area contributed by atoms with Crippen molar-refractivity contribution in [2.75, 3.05) is 23.7 Å². The van der Waals surface area contributed by atoms with E-state index in [2.05, 4.69) is 5.32 Å². The Hall–Kier alpha value is -2.29. The number of halogens is 2. The van der Waals surface area contributed by atoms with Gasteiger partial charge in [-0.15, -0.1) is 0 Å². The van der Waals surface area contributed by atoms with E-state index in [0.717, 1.165) is 22.5 Å². The molecule has 32 heavy (non-hydrogen) atoms. The smallest absolute Gasteiger partial charge is 0.244 e. The fourth-order valence-electron chi connectivity index (χ4n) is 3.03. The van der Waals surface area contributed by atoms with E-state index in [-0.39, 0.29) is 12.5 Å². The highest BCUT2D eigenvalue weighted by atomic mass is 35.5. The predicted molar refractivity (Wildman–Crippen MR) is 128 cm³/mol. The molecule has 0 saturated heterocycles. The molecule has 0 heterocycles. The van der Waals surface area contributed by atoms with Gasteiger partial charge in [-0.1, -0.05) is 42.3 Å². The summed E-state index contributed by atoms with van der Waals surface area (Å²) < 4.78 is 25.9. The maximum absolute atomic E-state index is 13.3. The highest BCUT2D eigenvalue weighted by Crippen LogP contribution is 2.22. The third kappa shape index (κ3) is 7.39. The first kappa shape index (κ1) is 26.0. The molecule has 1 atom stereocenters. The van der Waals surface area contributed by atoms with Crippen LogP contribution >= 0.6 is 23.2 Å². The second-order valence-corrected chi connectivity index (χ2v) is 10.1. The fraction of sp³-hybridized carbons (Fsp3) is 0.364. The molecular weight excluding hydrogens is 473 g/mol. The van der Waals surface area contributed by atoms with Gasteiger partial charge in [-0.25, -0.2) is 8.42 Å². The van der Waals surface area contributed by atoms with Crippen LogP contribution in [0.2, 0.25) is 10.0 Å². The van der Waals surface area contributed by atoms with E-state index in [1.54, 1.807) is 43.3 Å². The summed E-state index contributed by atoms with van der Waals surface area (Å²) in [5, 5.41) is 3.72. The highest BCUT2D eigenvalue weighted by molar-refractivity contribution is 7.92. The summed E-state index contributed by atoms with van der Waals surface area (Å²) in [6.45, 7) is 3.64. The lowest BCUT2D eigenvalue weighted by Crippen LogP contribution is -2.51. The van der Waals surface area contributed by atoms with Gasteiger partial charge in [0.1, 0.15) is 12.6 Å². The van der Waals surface area contributed by atoms with Crippen LogP contribution < -0.4 is 9.62 Å². The van der Waals surface area contributed by atoms with E-state index in [0.29, 0.717) is 22.3 Å². The van der Waals surface area contributed by atoms with Gasteiger partial charge >= 0.3 is 0 Å². The molecular formula is C22H27Cl2N3O4S. The molecule has 174 valence electrons. The third-order valence-electron chi connectivity index (χ3n) is 4.75. The van der Waals surface area contributed by atoms with Crippen LogP contribution in [0.15, 0.2) is 48.5 Å². The monoisotopic (exact) mass is 499 g/mol. The van der Waals surface area contributed by atoms with Gasteiger partial charge in [0.15, 0.2) is 0 Å².